The largest absolute Gasteiger partial charge is 0.399 e. The molecule has 0 aliphatic heterocycles. The van der Waals surface area contributed by atoms with Crippen LogP contribution in [0, 0.1) is 5.82 Å². The maximum Gasteiger partial charge on any atom is 0.245 e. The molecule has 1 amide bonds. The van der Waals surface area contributed by atoms with Gasteiger partial charge >= 0.3 is 0 Å². The fraction of sp³-hybridized carbons (Fsp3) is 0.364. The molecule has 18 heavy (non-hydrogen) atoms. The molecule has 0 heterocycles. The molecule has 0 aliphatic rings. The SMILES string of the molecule is CC(C)(C(=O)Nc1cc(N)ccc1F)S(C)(=O)=O. The molecule has 1 aromatic rings. The highest BCUT2D eigenvalue weighted by Gasteiger charge is 2.38. The van der Waals surface area contributed by atoms with E-state index in [0.29, 0.717) is 0 Å². The van der Waals surface area contributed by atoms with E-state index in [1.807, 2.05) is 0 Å². The van der Waals surface area contributed by atoms with E-state index in [1.165, 1.54) is 26.0 Å². The van der Waals surface area contributed by atoms with E-state index in [0.717, 1.165) is 12.3 Å². The van der Waals surface area contributed by atoms with E-state index < -0.39 is 26.3 Å². The number of hydrogen-bond acceptors (Lipinski definition) is 4. The number of nitrogen functional groups attached to an aromatic ring is 1. The van der Waals surface area contributed by atoms with Gasteiger partial charge in [0.05, 0.1) is 5.69 Å². The van der Waals surface area contributed by atoms with Crippen LogP contribution in [0.4, 0.5) is 15.8 Å². The van der Waals surface area contributed by atoms with E-state index in [9.17, 15) is 17.6 Å². The summed E-state index contributed by atoms with van der Waals surface area (Å²) in [5.41, 5.74) is 5.59. The molecule has 0 unspecified atom stereocenters. The van der Waals surface area contributed by atoms with Crippen molar-refractivity contribution in [3.05, 3.63) is 24.0 Å². The van der Waals surface area contributed by atoms with Crippen molar-refractivity contribution < 1.29 is 17.6 Å². The lowest BCUT2D eigenvalue weighted by molar-refractivity contribution is -0.117. The summed E-state index contributed by atoms with van der Waals surface area (Å²) in [6, 6.07) is 3.66. The zero-order chi connectivity index (χ0) is 14.1. The Hall–Kier alpha value is -1.63. The summed E-state index contributed by atoms with van der Waals surface area (Å²) in [7, 11) is -3.61. The smallest absolute Gasteiger partial charge is 0.245 e. The fourth-order valence-electron chi connectivity index (χ4n) is 1.08. The first-order valence-electron chi connectivity index (χ1n) is 5.12. The standard InChI is InChI=1S/C11H15FN2O3S/c1-11(2,18(3,16)17)10(15)14-9-6-7(13)4-5-8(9)12/h4-6H,13H2,1-3H3,(H,14,15). The Balaban J connectivity index is 3.06. The van der Waals surface area contributed by atoms with Crippen molar-refractivity contribution in [3.63, 3.8) is 0 Å². The molecule has 0 radical (unpaired) electrons. The molecule has 0 spiro atoms. The van der Waals surface area contributed by atoms with Gasteiger partial charge in [0.1, 0.15) is 10.6 Å². The summed E-state index contributed by atoms with van der Waals surface area (Å²) in [5.74, 6) is -1.49. The van der Waals surface area contributed by atoms with Gasteiger partial charge in [0.2, 0.25) is 5.91 Å². The molecule has 0 aliphatic carbocycles. The van der Waals surface area contributed by atoms with Gasteiger partial charge in [0.25, 0.3) is 0 Å². The van der Waals surface area contributed by atoms with Gasteiger partial charge in [0, 0.05) is 11.9 Å². The van der Waals surface area contributed by atoms with Crippen molar-refractivity contribution >= 4 is 27.1 Å². The van der Waals surface area contributed by atoms with E-state index in [-0.39, 0.29) is 11.4 Å². The van der Waals surface area contributed by atoms with Crippen molar-refractivity contribution in [1.82, 2.24) is 0 Å². The van der Waals surface area contributed by atoms with Gasteiger partial charge in [0.15, 0.2) is 9.84 Å². The zero-order valence-corrected chi connectivity index (χ0v) is 11.1. The molecule has 3 N–H and O–H groups in total. The predicted molar refractivity (Wildman–Crippen MR) is 68.4 cm³/mol. The third-order valence-electron chi connectivity index (χ3n) is 2.71. The van der Waals surface area contributed by atoms with Crippen molar-refractivity contribution in [2.45, 2.75) is 18.6 Å². The van der Waals surface area contributed by atoms with Crippen LogP contribution >= 0.6 is 0 Å². The number of carbonyl (C=O) groups is 1. The van der Waals surface area contributed by atoms with Crippen molar-refractivity contribution in [3.8, 4) is 0 Å². The summed E-state index contributed by atoms with van der Waals surface area (Å²) in [4.78, 5) is 11.8. The minimum atomic E-state index is -3.61. The van der Waals surface area contributed by atoms with Gasteiger partial charge in [-0.25, -0.2) is 12.8 Å². The minimum Gasteiger partial charge on any atom is -0.399 e. The van der Waals surface area contributed by atoms with Crippen LogP contribution in [0.25, 0.3) is 0 Å². The first-order valence-corrected chi connectivity index (χ1v) is 7.01. The van der Waals surface area contributed by atoms with E-state index in [2.05, 4.69) is 5.32 Å². The molecule has 1 aromatic carbocycles. The molecule has 0 fully saturated rings. The van der Waals surface area contributed by atoms with Crippen molar-refractivity contribution in [2.75, 3.05) is 17.3 Å². The maximum atomic E-state index is 13.4. The summed E-state index contributed by atoms with van der Waals surface area (Å²) < 4.78 is 34.7. The second kappa shape index (κ2) is 4.56. The van der Waals surface area contributed by atoms with Crippen molar-refractivity contribution in [2.24, 2.45) is 0 Å². The van der Waals surface area contributed by atoms with Gasteiger partial charge in [-0.05, 0) is 32.0 Å². The van der Waals surface area contributed by atoms with Crippen LogP contribution in [0.5, 0.6) is 0 Å². The second-order valence-corrected chi connectivity index (χ2v) is 7.04. The number of nitrogens with two attached hydrogens (primary N) is 1. The van der Waals surface area contributed by atoms with Gasteiger partial charge in [-0.15, -0.1) is 0 Å². The molecule has 0 atom stereocenters. The Bertz CT molecular complexity index is 582. The summed E-state index contributed by atoms with van der Waals surface area (Å²) in [6.45, 7) is 2.50. The second-order valence-electron chi connectivity index (χ2n) is 4.48. The number of benzene rings is 1. The van der Waals surface area contributed by atoms with Crippen LogP contribution in [-0.2, 0) is 14.6 Å². The quantitative estimate of drug-likeness (QED) is 0.810. The Kier molecular flexibility index (Phi) is 3.66. The maximum absolute atomic E-state index is 13.4. The lowest BCUT2D eigenvalue weighted by atomic mass is 10.2. The van der Waals surface area contributed by atoms with Crippen LogP contribution in [0.15, 0.2) is 18.2 Å². The number of rotatable bonds is 3. The van der Waals surface area contributed by atoms with E-state index >= 15 is 0 Å². The Morgan fingerprint density at radius 2 is 1.94 bits per heavy atom. The van der Waals surface area contributed by atoms with Crippen LogP contribution in [0.2, 0.25) is 0 Å². The molecule has 0 bridgehead atoms. The third-order valence-corrected chi connectivity index (χ3v) is 4.75. The lowest BCUT2D eigenvalue weighted by Gasteiger charge is -2.21. The first kappa shape index (κ1) is 14.4. The van der Waals surface area contributed by atoms with Crippen LogP contribution in [0.1, 0.15) is 13.8 Å². The first-order chi connectivity index (χ1) is 8.05. The fourth-order valence-corrected chi connectivity index (χ4v) is 1.47. The number of anilines is 2. The van der Waals surface area contributed by atoms with Crippen LogP contribution in [-0.4, -0.2) is 25.3 Å². The number of halogens is 1. The van der Waals surface area contributed by atoms with Gasteiger partial charge < -0.3 is 11.1 Å². The normalized spacial score (nSPS) is 12.2. The van der Waals surface area contributed by atoms with Gasteiger partial charge in [-0.2, -0.15) is 0 Å². The summed E-state index contributed by atoms with van der Waals surface area (Å²) >= 11 is 0. The highest BCUT2D eigenvalue weighted by molar-refractivity contribution is 7.92. The number of sulfone groups is 1. The molecule has 0 aromatic heterocycles. The molecule has 0 saturated heterocycles. The lowest BCUT2D eigenvalue weighted by Crippen LogP contribution is -2.44. The number of nitrogens with one attached hydrogen (secondary N) is 1. The molecule has 5 nitrogen and oxygen atoms in total. The molecule has 100 valence electrons. The predicted octanol–water partition coefficient (Wildman–Crippen LogP) is 1.17. The number of carbonyl (C=O) groups excluding carboxylic acids is 1. The Morgan fingerprint density at radius 1 is 1.39 bits per heavy atom. The van der Waals surface area contributed by atoms with E-state index in [4.69, 9.17) is 5.73 Å². The Labute approximate surface area is 105 Å². The zero-order valence-electron chi connectivity index (χ0n) is 10.3. The Morgan fingerprint density at radius 3 is 2.44 bits per heavy atom. The topological polar surface area (TPSA) is 89.3 Å². The highest BCUT2D eigenvalue weighted by atomic mass is 32.2. The minimum absolute atomic E-state index is 0.142. The van der Waals surface area contributed by atoms with Gasteiger partial charge in [-0.1, -0.05) is 0 Å². The number of amides is 1. The molecular weight excluding hydrogens is 259 g/mol. The monoisotopic (exact) mass is 274 g/mol. The van der Waals surface area contributed by atoms with Crippen LogP contribution in [0.3, 0.4) is 0 Å². The molecule has 7 heteroatoms. The average molecular weight is 274 g/mol. The summed E-state index contributed by atoms with van der Waals surface area (Å²) in [6.07, 6.45) is 0.947. The summed E-state index contributed by atoms with van der Waals surface area (Å²) in [5, 5.41) is 2.22. The molecule has 1 rings (SSSR count). The molecule has 0 saturated carbocycles. The van der Waals surface area contributed by atoms with Crippen LogP contribution < -0.4 is 11.1 Å². The van der Waals surface area contributed by atoms with E-state index in [1.54, 1.807) is 0 Å². The highest BCUT2D eigenvalue weighted by Crippen LogP contribution is 2.22. The van der Waals surface area contributed by atoms with Gasteiger partial charge in [-0.3, -0.25) is 4.79 Å². The molecular formula is C11H15FN2O3S. The van der Waals surface area contributed by atoms with Crippen molar-refractivity contribution in [1.29, 1.82) is 0 Å². The third kappa shape index (κ3) is 2.79. The number of hydrogen-bond donors (Lipinski definition) is 2. The average Bonchev–Trinajstić information content (AvgIpc) is 2.21.